The van der Waals surface area contributed by atoms with Crippen molar-refractivity contribution in [2.75, 3.05) is 26.2 Å². The molecule has 3 nitrogen and oxygen atoms in total. The lowest BCUT2D eigenvalue weighted by Gasteiger charge is -2.39. The topological polar surface area (TPSA) is 39.1 Å². The Labute approximate surface area is 118 Å². The van der Waals surface area contributed by atoms with Gasteiger partial charge in [0.05, 0.1) is 12.0 Å². The molecule has 0 bridgehead atoms. The number of alkyl halides is 3. The van der Waals surface area contributed by atoms with Gasteiger partial charge in [0.25, 0.3) is 0 Å². The lowest BCUT2D eigenvalue weighted by Crippen LogP contribution is -2.56. The molecule has 20 heavy (non-hydrogen) atoms. The van der Waals surface area contributed by atoms with Crippen LogP contribution in [0.25, 0.3) is 0 Å². The van der Waals surface area contributed by atoms with E-state index in [2.05, 4.69) is 11.4 Å². The first kappa shape index (κ1) is 15.6. The van der Waals surface area contributed by atoms with E-state index in [0.29, 0.717) is 32.0 Å². The van der Waals surface area contributed by atoms with Gasteiger partial charge in [-0.1, -0.05) is 6.92 Å². The number of nitrogens with zero attached hydrogens (tertiary/aromatic N) is 2. The first-order valence-corrected chi connectivity index (χ1v) is 7.36. The van der Waals surface area contributed by atoms with Gasteiger partial charge >= 0.3 is 6.18 Å². The van der Waals surface area contributed by atoms with Gasteiger partial charge in [-0.05, 0) is 44.7 Å². The van der Waals surface area contributed by atoms with E-state index in [-0.39, 0.29) is 13.0 Å². The zero-order valence-corrected chi connectivity index (χ0v) is 11.8. The maximum atomic E-state index is 12.8. The van der Waals surface area contributed by atoms with Crippen molar-refractivity contribution in [1.29, 1.82) is 5.26 Å². The molecule has 2 rings (SSSR count). The Morgan fingerprint density at radius 1 is 1.25 bits per heavy atom. The van der Waals surface area contributed by atoms with Gasteiger partial charge in [-0.25, -0.2) is 0 Å². The van der Waals surface area contributed by atoms with Crippen molar-refractivity contribution in [3.05, 3.63) is 0 Å². The number of likely N-dealkylation sites (N-methyl/N-ethyl adjacent to an activating group) is 1. The molecule has 0 aromatic rings. The summed E-state index contributed by atoms with van der Waals surface area (Å²) in [7, 11) is 0. The van der Waals surface area contributed by atoms with Crippen LogP contribution in [0, 0.1) is 23.2 Å². The van der Waals surface area contributed by atoms with Gasteiger partial charge < -0.3 is 0 Å². The summed E-state index contributed by atoms with van der Waals surface area (Å²) in [6.07, 6.45) is -1.35. The number of halogens is 3. The number of rotatable bonds is 5. The van der Waals surface area contributed by atoms with E-state index >= 15 is 0 Å². The van der Waals surface area contributed by atoms with Gasteiger partial charge in [0.15, 0.2) is 0 Å². The average molecular weight is 289 g/mol. The predicted octanol–water partition coefficient (Wildman–Crippen LogP) is 2.54. The first-order valence-electron chi connectivity index (χ1n) is 7.36. The summed E-state index contributed by atoms with van der Waals surface area (Å²) < 4.78 is 38.5. The lowest BCUT2D eigenvalue weighted by atomic mass is 9.91. The third kappa shape index (κ3) is 3.44. The molecule has 0 aromatic carbocycles. The molecule has 114 valence electrons. The van der Waals surface area contributed by atoms with E-state index in [1.807, 2.05) is 11.8 Å². The molecule has 1 saturated carbocycles. The molecule has 2 atom stereocenters. The molecule has 1 aliphatic carbocycles. The molecule has 2 unspecified atom stereocenters. The summed E-state index contributed by atoms with van der Waals surface area (Å²) in [6.45, 7) is 3.71. The third-order valence-corrected chi connectivity index (χ3v) is 4.41. The molecule has 0 spiro atoms. The van der Waals surface area contributed by atoms with Crippen LogP contribution in [0.1, 0.15) is 32.6 Å². The second-order valence-corrected chi connectivity index (χ2v) is 6.00. The van der Waals surface area contributed by atoms with Crippen molar-refractivity contribution < 1.29 is 13.2 Å². The maximum absolute atomic E-state index is 12.8. The van der Waals surface area contributed by atoms with Crippen molar-refractivity contribution >= 4 is 0 Å². The lowest BCUT2D eigenvalue weighted by molar-refractivity contribution is -0.187. The first-order chi connectivity index (χ1) is 9.41. The van der Waals surface area contributed by atoms with Gasteiger partial charge in [0, 0.05) is 13.1 Å². The Morgan fingerprint density at radius 2 is 1.95 bits per heavy atom. The summed E-state index contributed by atoms with van der Waals surface area (Å²) in [6, 6.07) is 2.35. The van der Waals surface area contributed by atoms with Gasteiger partial charge in [0.1, 0.15) is 5.54 Å². The highest BCUT2D eigenvalue weighted by molar-refractivity contribution is 5.16. The Hall–Kier alpha value is -0.800. The van der Waals surface area contributed by atoms with Crippen LogP contribution >= 0.6 is 0 Å². The highest BCUT2D eigenvalue weighted by Crippen LogP contribution is 2.41. The second-order valence-electron chi connectivity index (χ2n) is 6.00. The largest absolute Gasteiger partial charge is 0.393 e. The minimum atomic E-state index is -4.12. The molecule has 1 saturated heterocycles. The fraction of sp³-hybridized carbons (Fsp3) is 0.929. The van der Waals surface area contributed by atoms with Crippen LogP contribution in [0.15, 0.2) is 0 Å². The Kier molecular flexibility index (Phi) is 4.60. The third-order valence-electron chi connectivity index (χ3n) is 4.41. The summed E-state index contributed by atoms with van der Waals surface area (Å²) in [5.74, 6) is -0.952. The molecular formula is C14H22F3N3. The number of hydrogen-bond donors (Lipinski definition) is 1. The van der Waals surface area contributed by atoms with Gasteiger partial charge in [-0.2, -0.15) is 18.4 Å². The number of likely N-dealkylation sites (tertiary alicyclic amines) is 1. The molecule has 2 fully saturated rings. The molecular weight excluding hydrogens is 267 g/mol. The van der Waals surface area contributed by atoms with Gasteiger partial charge in [-0.3, -0.25) is 10.2 Å². The molecule has 0 amide bonds. The van der Waals surface area contributed by atoms with Crippen LogP contribution in [0.2, 0.25) is 0 Å². The van der Waals surface area contributed by atoms with Crippen LogP contribution in [-0.4, -0.2) is 42.8 Å². The van der Waals surface area contributed by atoms with E-state index in [1.54, 1.807) is 0 Å². The second kappa shape index (κ2) is 5.90. The maximum Gasteiger partial charge on any atom is 0.393 e. The quantitative estimate of drug-likeness (QED) is 0.845. The zero-order valence-electron chi connectivity index (χ0n) is 11.8. The smallest absolute Gasteiger partial charge is 0.300 e. The minimum absolute atomic E-state index is 0.0328. The van der Waals surface area contributed by atoms with Crippen LogP contribution < -0.4 is 5.32 Å². The van der Waals surface area contributed by atoms with E-state index in [1.165, 1.54) is 0 Å². The Bertz CT molecular complexity index is 373. The number of hydrogen-bond acceptors (Lipinski definition) is 3. The fourth-order valence-corrected chi connectivity index (χ4v) is 3.21. The van der Waals surface area contributed by atoms with Crippen molar-refractivity contribution in [2.45, 2.75) is 44.3 Å². The molecule has 2 aliphatic rings. The van der Waals surface area contributed by atoms with E-state index in [9.17, 15) is 18.4 Å². The molecule has 1 N–H and O–H groups in total. The van der Waals surface area contributed by atoms with Crippen LogP contribution in [0.3, 0.4) is 0 Å². The van der Waals surface area contributed by atoms with Crippen molar-refractivity contribution in [1.82, 2.24) is 10.2 Å². The monoisotopic (exact) mass is 289 g/mol. The van der Waals surface area contributed by atoms with E-state index in [4.69, 9.17) is 0 Å². The highest BCUT2D eigenvalue weighted by atomic mass is 19.4. The number of piperidine rings is 1. The molecule has 0 aromatic heterocycles. The van der Waals surface area contributed by atoms with Crippen molar-refractivity contribution in [3.63, 3.8) is 0 Å². The zero-order chi connectivity index (χ0) is 14.8. The predicted molar refractivity (Wildman–Crippen MR) is 70.0 cm³/mol. The summed E-state index contributed by atoms with van der Waals surface area (Å²) in [5, 5.41) is 12.7. The van der Waals surface area contributed by atoms with Crippen molar-refractivity contribution in [2.24, 2.45) is 11.8 Å². The fourth-order valence-electron chi connectivity index (χ4n) is 3.21. The van der Waals surface area contributed by atoms with Crippen LogP contribution in [0.5, 0.6) is 0 Å². The molecule has 6 heteroatoms. The molecule has 0 radical (unpaired) electrons. The standard InChI is InChI=1S/C14H22F3N3/c1-2-19-13(9-18,11-5-6-11)10-20-7-3-4-12(8-20)14(15,16)17/h11-12,19H,2-8,10H2,1H3. The van der Waals surface area contributed by atoms with Crippen LogP contribution in [0.4, 0.5) is 13.2 Å². The van der Waals surface area contributed by atoms with Crippen molar-refractivity contribution in [3.8, 4) is 6.07 Å². The number of nitrogens with one attached hydrogen (secondary N) is 1. The van der Waals surface area contributed by atoms with Gasteiger partial charge in [0.2, 0.25) is 0 Å². The number of nitriles is 1. The van der Waals surface area contributed by atoms with Crippen LogP contribution in [-0.2, 0) is 0 Å². The van der Waals surface area contributed by atoms with E-state index < -0.39 is 17.6 Å². The normalized spacial score (nSPS) is 27.9. The van der Waals surface area contributed by atoms with E-state index in [0.717, 1.165) is 12.8 Å². The minimum Gasteiger partial charge on any atom is -0.300 e. The molecule has 1 aliphatic heterocycles. The SMILES string of the molecule is CCNC(C#N)(CN1CCCC(C(F)(F)F)C1)C1CC1. The Balaban J connectivity index is 2.02. The highest BCUT2D eigenvalue weighted by Gasteiger charge is 2.48. The summed E-state index contributed by atoms with van der Waals surface area (Å²) in [5.41, 5.74) is -0.664. The molecule has 1 heterocycles. The Morgan fingerprint density at radius 3 is 2.45 bits per heavy atom. The summed E-state index contributed by atoms with van der Waals surface area (Å²) in [4.78, 5) is 1.83. The van der Waals surface area contributed by atoms with Gasteiger partial charge in [-0.15, -0.1) is 0 Å². The average Bonchev–Trinajstić information content (AvgIpc) is 3.22. The summed E-state index contributed by atoms with van der Waals surface area (Å²) >= 11 is 0.